The zero-order valence-corrected chi connectivity index (χ0v) is 24.3. The van der Waals surface area contributed by atoms with Crippen LogP contribution >= 0.6 is 23.2 Å². The molecule has 0 aromatic heterocycles. The third kappa shape index (κ3) is 5.69. The number of para-hydroxylation sites is 1. The van der Waals surface area contributed by atoms with Crippen LogP contribution in [0, 0.1) is 17.6 Å². The van der Waals surface area contributed by atoms with E-state index in [9.17, 15) is 13.2 Å². The number of anilines is 1. The molecule has 41 heavy (non-hydrogen) atoms. The summed E-state index contributed by atoms with van der Waals surface area (Å²) in [5, 5.41) is 0.297. The normalized spacial score (nSPS) is 22.0. The lowest BCUT2D eigenvalue weighted by molar-refractivity contribution is -0.163. The molecule has 0 spiro atoms. The van der Waals surface area contributed by atoms with Crippen molar-refractivity contribution in [3.8, 4) is 0 Å². The van der Waals surface area contributed by atoms with E-state index < -0.39 is 50.8 Å². The fourth-order valence-electron chi connectivity index (χ4n) is 5.69. The topological polar surface area (TPSA) is 66.9 Å². The Bertz CT molecular complexity index is 1540. The van der Waals surface area contributed by atoms with Crippen molar-refractivity contribution in [3.63, 3.8) is 0 Å². The van der Waals surface area contributed by atoms with Crippen molar-refractivity contribution in [2.45, 2.75) is 49.1 Å². The second kappa shape index (κ2) is 11.2. The van der Waals surface area contributed by atoms with Gasteiger partial charge in [0, 0.05) is 10.0 Å². The van der Waals surface area contributed by atoms with Gasteiger partial charge in [0.2, 0.25) is 15.9 Å². The highest BCUT2D eigenvalue weighted by Gasteiger charge is 2.50. The average molecular weight is 622 g/mol. The lowest BCUT2D eigenvalue weighted by atomic mass is 9.90. The van der Waals surface area contributed by atoms with Crippen LogP contribution in [0.3, 0.4) is 0 Å². The molecule has 0 radical (unpaired) electrons. The van der Waals surface area contributed by atoms with E-state index >= 15 is 8.78 Å². The minimum Gasteiger partial charge on any atom is -0.361 e. The fourth-order valence-corrected chi connectivity index (χ4v) is 7.89. The first-order valence-electron chi connectivity index (χ1n) is 13.5. The van der Waals surface area contributed by atoms with Crippen LogP contribution in [0.15, 0.2) is 66.7 Å². The Morgan fingerprint density at radius 3 is 2.17 bits per heavy atom. The van der Waals surface area contributed by atoms with Crippen LogP contribution in [0.25, 0.3) is 0 Å². The minimum atomic E-state index is -4.09. The standard InChI is InChI=1S/C30H28Cl2F2N2O4S/c31-21-11-9-19(10-12-21)28-30(20-3-1-4-22(32)15-20)40-17-27(37)36(28)26(18-7-8-18)16-35(41(38,39)23-13-14-23)29-24(33)5-2-6-25(29)34/h1-6,9-12,15,18,23,26,28,30H,7-8,13-14,16-17H2/t26-,28+,30+/m0/s1. The van der Waals surface area contributed by atoms with Gasteiger partial charge < -0.3 is 9.64 Å². The van der Waals surface area contributed by atoms with Gasteiger partial charge in [-0.25, -0.2) is 17.2 Å². The molecule has 6 nitrogen and oxygen atoms in total. The van der Waals surface area contributed by atoms with E-state index in [0.717, 1.165) is 40.4 Å². The smallest absolute Gasteiger partial charge is 0.249 e. The lowest BCUT2D eigenvalue weighted by Gasteiger charge is -2.47. The molecule has 216 valence electrons. The number of halogens is 4. The second-order valence-electron chi connectivity index (χ2n) is 10.8. The number of hydrogen-bond acceptors (Lipinski definition) is 4. The van der Waals surface area contributed by atoms with Gasteiger partial charge >= 0.3 is 0 Å². The summed E-state index contributed by atoms with van der Waals surface area (Å²) in [6, 6.07) is 16.2. The number of carbonyl (C=O) groups is 1. The van der Waals surface area contributed by atoms with Crippen LogP contribution in [0.4, 0.5) is 14.5 Å². The minimum absolute atomic E-state index is 0.0569. The van der Waals surface area contributed by atoms with Crippen LogP contribution in [-0.4, -0.2) is 43.7 Å². The molecule has 2 saturated carbocycles. The zero-order valence-electron chi connectivity index (χ0n) is 21.9. The van der Waals surface area contributed by atoms with Gasteiger partial charge in [0.25, 0.3) is 0 Å². The molecule has 2 aliphatic carbocycles. The highest BCUT2D eigenvalue weighted by atomic mass is 35.5. The molecule has 11 heteroatoms. The van der Waals surface area contributed by atoms with Crippen LogP contribution < -0.4 is 4.31 Å². The number of rotatable bonds is 9. The molecule has 6 rings (SSSR count). The largest absolute Gasteiger partial charge is 0.361 e. The molecule has 1 aliphatic heterocycles. The van der Waals surface area contributed by atoms with Gasteiger partial charge in [-0.3, -0.25) is 9.10 Å². The Morgan fingerprint density at radius 2 is 1.56 bits per heavy atom. The number of hydrogen-bond donors (Lipinski definition) is 0. The maximum Gasteiger partial charge on any atom is 0.249 e. The van der Waals surface area contributed by atoms with Crippen molar-refractivity contribution in [3.05, 3.63) is 99.5 Å². The first-order valence-corrected chi connectivity index (χ1v) is 15.8. The maximum atomic E-state index is 15.1. The quantitative estimate of drug-likeness (QED) is 0.267. The van der Waals surface area contributed by atoms with Crippen molar-refractivity contribution in [2.75, 3.05) is 17.5 Å². The van der Waals surface area contributed by atoms with Crippen molar-refractivity contribution in [2.24, 2.45) is 5.92 Å². The van der Waals surface area contributed by atoms with Crippen molar-refractivity contribution >= 4 is 44.8 Å². The molecule has 3 aromatic rings. The predicted molar refractivity (Wildman–Crippen MR) is 153 cm³/mol. The van der Waals surface area contributed by atoms with E-state index in [1.807, 2.05) is 6.07 Å². The summed E-state index contributed by atoms with van der Waals surface area (Å²) in [6.07, 6.45) is 1.71. The van der Waals surface area contributed by atoms with Gasteiger partial charge in [-0.15, -0.1) is 0 Å². The Kier molecular flexibility index (Phi) is 7.74. The molecule has 1 saturated heterocycles. The van der Waals surface area contributed by atoms with Gasteiger partial charge in [0.05, 0.1) is 23.9 Å². The molecule has 3 aliphatic rings. The second-order valence-corrected chi connectivity index (χ2v) is 13.8. The van der Waals surface area contributed by atoms with Crippen LogP contribution in [0.1, 0.15) is 49.0 Å². The lowest BCUT2D eigenvalue weighted by Crippen LogP contribution is -2.56. The number of benzene rings is 3. The highest BCUT2D eigenvalue weighted by Crippen LogP contribution is 2.47. The monoisotopic (exact) mass is 620 g/mol. The Hall–Kier alpha value is -2.72. The number of ether oxygens (including phenoxy) is 1. The van der Waals surface area contributed by atoms with E-state index in [0.29, 0.717) is 22.9 Å². The first-order chi connectivity index (χ1) is 19.6. The number of morpholine rings is 1. The third-order valence-corrected chi connectivity index (χ3v) is 10.7. The molecule has 1 heterocycles. The SMILES string of the molecule is O=C1CO[C@H](c2cccc(Cl)c2)[C@@H](c2ccc(Cl)cc2)N1[C@@H](CN(c1c(F)cccc1F)S(=O)(=O)C1CC1)C1CC1. The number of nitrogens with zero attached hydrogens (tertiary/aromatic N) is 2. The van der Waals surface area contributed by atoms with Crippen molar-refractivity contribution < 1.29 is 26.7 Å². The summed E-state index contributed by atoms with van der Waals surface area (Å²) >= 11 is 12.5. The van der Waals surface area contributed by atoms with E-state index in [2.05, 4.69) is 0 Å². The first kappa shape index (κ1) is 28.4. The number of sulfonamides is 1. The van der Waals surface area contributed by atoms with Gasteiger partial charge in [0.15, 0.2) is 11.6 Å². The fraction of sp³-hybridized carbons (Fsp3) is 0.367. The molecular formula is C30H28Cl2F2N2O4S. The van der Waals surface area contributed by atoms with Gasteiger partial charge in [-0.05, 0) is 79.1 Å². The molecule has 1 amide bonds. The Morgan fingerprint density at radius 1 is 0.902 bits per heavy atom. The van der Waals surface area contributed by atoms with Gasteiger partial charge in [-0.2, -0.15) is 0 Å². The zero-order chi connectivity index (χ0) is 28.9. The molecular weight excluding hydrogens is 593 g/mol. The van der Waals surface area contributed by atoms with Crippen LogP contribution in [0.5, 0.6) is 0 Å². The summed E-state index contributed by atoms with van der Waals surface area (Å²) in [6.45, 7) is -0.520. The maximum absolute atomic E-state index is 15.1. The Balaban J connectivity index is 1.47. The van der Waals surface area contributed by atoms with E-state index in [1.165, 1.54) is 6.07 Å². The number of carbonyl (C=O) groups excluding carboxylic acids is 1. The summed E-state index contributed by atoms with van der Waals surface area (Å²) in [5.41, 5.74) is 0.860. The molecule has 0 N–H and O–H groups in total. The summed E-state index contributed by atoms with van der Waals surface area (Å²) in [7, 11) is -4.09. The summed E-state index contributed by atoms with van der Waals surface area (Å²) < 4.78 is 64.6. The molecule has 0 bridgehead atoms. The van der Waals surface area contributed by atoms with Crippen molar-refractivity contribution in [1.29, 1.82) is 0 Å². The highest BCUT2D eigenvalue weighted by molar-refractivity contribution is 7.93. The molecule has 3 fully saturated rings. The van der Waals surface area contributed by atoms with Crippen LogP contribution in [0.2, 0.25) is 10.0 Å². The molecule has 0 unspecified atom stereocenters. The third-order valence-electron chi connectivity index (χ3n) is 7.97. The summed E-state index contributed by atoms with van der Waals surface area (Å²) in [4.78, 5) is 15.4. The average Bonchev–Trinajstić information content (AvgIpc) is 3.85. The predicted octanol–water partition coefficient (Wildman–Crippen LogP) is 6.69. The van der Waals surface area contributed by atoms with E-state index in [-0.39, 0.29) is 25.0 Å². The van der Waals surface area contributed by atoms with Crippen LogP contribution in [-0.2, 0) is 19.6 Å². The van der Waals surface area contributed by atoms with Crippen molar-refractivity contribution in [1.82, 2.24) is 4.90 Å². The number of amides is 1. The molecule has 3 atom stereocenters. The van der Waals surface area contributed by atoms with E-state index in [1.54, 1.807) is 47.4 Å². The van der Waals surface area contributed by atoms with Gasteiger partial charge in [-0.1, -0.05) is 53.5 Å². The Labute approximate surface area is 247 Å². The molecule has 3 aromatic carbocycles. The van der Waals surface area contributed by atoms with E-state index in [4.69, 9.17) is 27.9 Å². The summed E-state index contributed by atoms with van der Waals surface area (Å²) in [5.74, 6) is -2.33. The van der Waals surface area contributed by atoms with Gasteiger partial charge in [0.1, 0.15) is 18.4 Å².